The van der Waals surface area contributed by atoms with Gasteiger partial charge in [-0.3, -0.25) is 0 Å². The number of hydrogen-bond acceptors (Lipinski definition) is 2. The van der Waals surface area contributed by atoms with Crippen LogP contribution in [-0.2, 0) is 9.47 Å². The molecular formula is C10H24Cl2O2. The van der Waals surface area contributed by atoms with Gasteiger partial charge in [-0.25, -0.2) is 0 Å². The highest BCUT2D eigenvalue weighted by Gasteiger charge is 1.89. The van der Waals surface area contributed by atoms with Crippen molar-refractivity contribution in [1.82, 2.24) is 0 Å². The first-order chi connectivity index (χ1) is 5.91. The van der Waals surface area contributed by atoms with Gasteiger partial charge in [0.05, 0.1) is 0 Å². The van der Waals surface area contributed by atoms with Gasteiger partial charge in [0, 0.05) is 26.4 Å². The van der Waals surface area contributed by atoms with E-state index >= 15 is 0 Å². The van der Waals surface area contributed by atoms with E-state index in [0.717, 1.165) is 52.1 Å². The van der Waals surface area contributed by atoms with Crippen LogP contribution in [0.5, 0.6) is 0 Å². The zero-order valence-corrected chi connectivity index (χ0v) is 10.9. The van der Waals surface area contributed by atoms with Gasteiger partial charge in [-0.15, -0.1) is 24.8 Å². The summed E-state index contributed by atoms with van der Waals surface area (Å²) in [6, 6.07) is 0. The van der Waals surface area contributed by atoms with E-state index in [0.29, 0.717) is 0 Å². The molecule has 4 heteroatoms. The second kappa shape index (κ2) is 19.1. The lowest BCUT2D eigenvalue weighted by Crippen LogP contribution is -2.00. The van der Waals surface area contributed by atoms with Gasteiger partial charge in [0.25, 0.3) is 0 Å². The Kier molecular flexibility index (Phi) is 27.3. The van der Waals surface area contributed by atoms with E-state index in [1.165, 1.54) is 0 Å². The molecule has 0 saturated carbocycles. The smallest absolute Gasteiger partial charge is 0.0466 e. The average molecular weight is 247 g/mol. The Bertz CT molecular complexity index is 72.5. The second-order valence-electron chi connectivity index (χ2n) is 2.93. The Labute approximate surface area is 101 Å². The molecule has 0 aromatic rings. The van der Waals surface area contributed by atoms with Gasteiger partial charge < -0.3 is 9.47 Å². The highest BCUT2D eigenvalue weighted by molar-refractivity contribution is 5.85. The van der Waals surface area contributed by atoms with Crippen molar-refractivity contribution in [2.45, 2.75) is 39.5 Å². The van der Waals surface area contributed by atoms with Crippen LogP contribution < -0.4 is 0 Å². The normalized spacial score (nSPS) is 9.00. The molecule has 0 aliphatic heterocycles. The fourth-order valence-electron chi connectivity index (χ4n) is 0.901. The Morgan fingerprint density at radius 1 is 0.643 bits per heavy atom. The molecule has 0 spiro atoms. The summed E-state index contributed by atoms with van der Waals surface area (Å²) in [6.07, 6.45) is 4.49. The average Bonchev–Trinajstić information content (AvgIpc) is 2.10. The molecule has 0 saturated heterocycles. The highest BCUT2D eigenvalue weighted by atomic mass is 35.5. The summed E-state index contributed by atoms with van der Waals surface area (Å²) < 4.78 is 10.7. The fourth-order valence-corrected chi connectivity index (χ4v) is 0.901. The van der Waals surface area contributed by atoms with E-state index < -0.39 is 0 Å². The molecule has 2 nitrogen and oxygen atoms in total. The third-order valence-corrected chi connectivity index (χ3v) is 1.52. The lowest BCUT2D eigenvalue weighted by atomic mass is 10.3. The van der Waals surface area contributed by atoms with Crippen molar-refractivity contribution in [3.05, 3.63) is 0 Å². The molecule has 0 bridgehead atoms. The third kappa shape index (κ3) is 18.3. The summed E-state index contributed by atoms with van der Waals surface area (Å²) in [5, 5.41) is 0. The van der Waals surface area contributed by atoms with E-state index in [-0.39, 0.29) is 24.8 Å². The molecule has 0 amide bonds. The summed E-state index contributed by atoms with van der Waals surface area (Å²) in [4.78, 5) is 0. The summed E-state index contributed by atoms with van der Waals surface area (Å²) >= 11 is 0. The molecule has 90 valence electrons. The standard InChI is InChI=1S/C10H22O2.2ClH/c1-3-7-11-9-5-6-10-12-8-4-2;;/h3-10H2,1-2H3;2*1H. The van der Waals surface area contributed by atoms with Crippen molar-refractivity contribution >= 4 is 24.8 Å². The lowest BCUT2D eigenvalue weighted by Gasteiger charge is -2.03. The first-order valence-electron chi connectivity index (χ1n) is 5.07. The molecule has 0 radical (unpaired) electrons. The Hall–Kier alpha value is 0.500. The number of unbranched alkanes of at least 4 members (excludes halogenated alkanes) is 1. The maximum Gasteiger partial charge on any atom is 0.0466 e. The van der Waals surface area contributed by atoms with Gasteiger partial charge in [0.2, 0.25) is 0 Å². The minimum Gasteiger partial charge on any atom is -0.381 e. The second-order valence-corrected chi connectivity index (χ2v) is 2.93. The van der Waals surface area contributed by atoms with Crippen LogP contribution in [0.4, 0.5) is 0 Å². The Morgan fingerprint density at radius 2 is 1.00 bits per heavy atom. The van der Waals surface area contributed by atoms with E-state index in [9.17, 15) is 0 Å². The molecule has 0 N–H and O–H groups in total. The predicted molar refractivity (Wildman–Crippen MR) is 66.0 cm³/mol. The predicted octanol–water partition coefficient (Wildman–Crippen LogP) is 3.46. The van der Waals surface area contributed by atoms with Crippen molar-refractivity contribution in [1.29, 1.82) is 0 Å². The monoisotopic (exact) mass is 246 g/mol. The SMILES string of the molecule is CCCOCCCCOCCC.Cl.Cl. The van der Waals surface area contributed by atoms with Crippen molar-refractivity contribution in [2.24, 2.45) is 0 Å². The van der Waals surface area contributed by atoms with Crippen LogP contribution >= 0.6 is 24.8 Å². The number of halogens is 2. The van der Waals surface area contributed by atoms with Gasteiger partial charge in [-0.2, -0.15) is 0 Å². The summed E-state index contributed by atoms with van der Waals surface area (Å²) in [7, 11) is 0. The molecular weight excluding hydrogens is 223 g/mol. The van der Waals surface area contributed by atoms with E-state index in [1.54, 1.807) is 0 Å². The highest BCUT2D eigenvalue weighted by Crippen LogP contribution is 1.92. The van der Waals surface area contributed by atoms with Gasteiger partial charge in [0.15, 0.2) is 0 Å². The fraction of sp³-hybridized carbons (Fsp3) is 1.00. The lowest BCUT2D eigenvalue weighted by molar-refractivity contribution is 0.103. The number of ether oxygens (including phenoxy) is 2. The van der Waals surface area contributed by atoms with Crippen molar-refractivity contribution in [3.8, 4) is 0 Å². The zero-order valence-electron chi connectivity index (χ0n) is 9.29. The maximum absolute atomic E-state index is 5.33. The minimum absolute atomic E-state index is 0. The zero-order chi connectivity index (χ0) is 9.07. The molecule has 0 aliphatic rings. The molecule has 0 heterocycles. The van der Waals surface area contributed by atoms with Crippen LogP contribution in [0, 0.1) is 0 Å². The first kappa shape index (κ1) is 20.0. The number of rotatable bonds is 9. The first-order valence-corrected chi connectivity index (χ1v) is 5.07. The molecule has 14 heavy (non-hydrogen) atoms. The van der Waals surface area contributed by atoms with Crippen molar-refractivity contribution in [3.63, 3.8) is 0 Å². The summed E-state index contributed by atoms with van der Waals surface area (Å²) in [5.41, 5.74) is 0. The molecule has 0 atom stereocenters. The topological polar surface area (TPSA) is 18.5 Å². The van der Waals surface area contributed by atoms with E-state index in [2.05, 4.69) is 13.8 Å². The van der Waals surface area contributed by atoms with Crippen LogP contribution in [0.3, 0.4) is 0 Å². The number of hydrogen-bond donors (Lipinski definition) is 0. The minimum atomic E-state index is 0. The Morgan fingerprint density at radius 3 is 1.29 bits per heavy atom. The summed E-state index contributed by atoms with van der Waals surface area (Å²) in [6.45, 7) is 7.84. The molecule has 0 aliphatic carbocycles. The van der Waals surface area contributed by atoms with Gasteiger partial charge in [-0.1, -0.05) is 13.8 Å². The quantitative estimate of drug-likeness (QED) is 0.581. The van der Waals surface area contributed by atoms with Crippen molar-refractivity contribution in [2.75, 3.05) is 26.4 Å². The van der Waals surface area contributed by atoms with Crippen molar-refractivity contribution < 1.29 is 9.47 Å². The molecule has 0 unspecified atom stereocenters. The summed E-state index contributed by atoms with van der Waals surface area (Å²) in [5.74, 6) is 0. The molecule has 0 aromatic carbocycles. The largest absolute Gasteiger partial charge is 0.381 e. The Balaban J connectivity index is -0.000000605. The maximum atomic E-state index is 5.33. The van der Waals surface area contributed by atoms with Crippen LogP contribution in [0.25, 0.3) is 0 Å². The van der Waals surface area contributed by atoms with E-state index in [4.69, 9.17) is 9.47 Å². The van der Waals surface area contributed by atoms with Crippen LogP contribution in [0.15, 0.2) is 0 Å². The van der Waals surface area contributed by atoms with Gasteiger partial charge in [0.1, 0.15) is 0 Å². The van der Waals surface area contributed by atoms with Crippen LogP contribution in [0.2, 0.25) is 0 Å². The molecule has 0 aromatic heterocycles. The van der Waals surface area contributed by atoms with E-state index in [1.807, 2.05) is 0 Å². The molecule has 0 fully saturated rings. The van der Waals surface area contributed by atoms with Crippen LogP contribution in [0.1, 0.15) is 39.5 Å². The van der Waals surface area contributed by atoms with Crippen LogP contribution in [-0.4, -0.2) is 26.4 Å². The molecule has 0 rings (SSSR count). The van der Waals surface area contributed by atoms with Gasteiger partial charge in [-0.05, 0) is 25.7 Å². The van der Waals surface area contributed by atoms with Gasteiger partial charge >= 0.3 is 0 Å². The third-order valence-electron chi connectivity index (χ3n) is 1.52.